The molecule has 102 valence electrons. The van der Waals surface area contributed by atoms with Gasteiger partial charge in [-0.3, -0.25) is 0 Å². The first kappa shape index (κ1) is 15.8. The number of benzene rings is 1. The van der Waals surface area contributed by atoms with Crippen LogP contribution in [0.2, 0.25) is 0 Å². The van der Waals surface area contributed by atoms with Gasteiger partial charge in [0.25, 0.3) is 0 Å². The second kappa shape index (κ2) is 8.03. The molecule has 0 bridgehead atoms. The highest BCUT2D eigenvalue weighted by molar-refractivity contribution is 9.10. The summed E-state index contributed by atoms with van der Waals surface area (Å²) in [6.07, 6.45) is 1.15. The third kappa shape index (κ3) is 4.79. The van der Waals surface area contributed by atoms with Crippen molar-refractivity contribution in [2.45, 2.75) is 19.2 Å². The van der Waals surface area contributed by atoms with Crippen molar-refractivity contribution in [3.8, 4) is 0 Å². The zero-order valence-electron chi connectivity index (χ0n) is 11.4. The van der Waals surface area contributed by atoms with Crippen LogP contribution in [-0.4, -0.2) is 38.6 Å². The Kier molecular flexibility index (Phi) is 7.05. The number of nitrogens with zero attached hydrogens (tertiary/aromatic N) is 2. The van der Waals surface area contributed by atoms with Crippen molar-refractivity contribution >= 4 is 33.2 Å². The van der Waals surface area contributed by atoms with E-state index in [0.717, 1.165) is 36.1 Å². The molecule has 0 saturated heterocycles. The molecule has 0 unspecified atom stereocenters. The number of anilines is 1. The first-order valence-electron chi connectivity index (χ1n) is 6.32. The van der Waals surface area contributed by atoms with Crippen LogP contribution in [-0.2, 0) is 5.88 Å². The van der Waals surface area contributed by atoms with Crippen molar-refractivity contribution in [3.63, 3.8) is 0 Å². The van der Waals surface area contributed by atoms with Crippen LogP contribution in [0.15, 0.2) is 22.7 Å². The Hall–Kier alpha value is -0.250. The average molecular weight is 334 g/mol. The normalized spacial score (nSPS) is 11.0. The molecule has 0 aliphatic carbocycles. The van der Waals surface area contributed by atoms with Crippen LogP contribution in [0.1, 0.15) is 18.9 Å². The van der Waals surface area contributed by atoms with E-state index >= 15 is 0 Å². The Morgan fingerprint density at radius 2 is 1.89 bits per heavy atom. The fraction of sp³-hybridized carbons (Fsp3) is 0.571. The zero-order chi connectivity index (χ0) is 13.5. The number of alkyl halides is 1. The molecule has 0 aliphatic rings. The van der Waals surface area contributed by atoms with Crippen LogP contribution in [0.3, 0.4) is 0 Å². The van der Waals surface area contributed by atoms with Gasteiger partial charge in [0.2, 0.25) is 0 Å². The van der Waals surface area contributed by atoms with Crippen molar-refractivity contribution in [2.75, 3.05) is 38.6 Å². The third-order valence-corrected chi connectivity index (χ3v) is 3.76. The lowest BCUT2D eigenvalue weighted by atomic mass is 10.2. The molecule has 1 aromatic rings. The average Bonchev–Trinajstić information content (AvgIpc) is 2.34. The molecule has 1 aromatic carbocycles. The maximum atomic E-state index is 5.85. The third-order valence-electron chi connectivity index (χ3n) is 2.82. The highest BCUT2D eigenvalue weighted by Crippen LogP contribution is 2.28. The standard InChI is InChI=1S/C14H22BrClN2/c1-4-7-18(9-8-17(2)3)14-6-5-12(11-16)10-13(14)15/h5-6,10H,4,7-9,11H2,1-3H3. The zero-order valence-corrected chi connectivity index (χ0v) is 13.8. The molecule has 0 heterocycles. The number of hydrogen-bond donors (Lipinski definition) is 0. The van der Waals surface area contributed by atoms with Crippen LogP contribution in [0.25, 0.3) is 0 Å². The van der Waals surface area contributed by atoms with E-state index in [-0.39, 0.29) is 0 Å². The summed E-state index contributed by atoms with van der Waals surface area (Å²) < 4.78 is 1.13. The second-order valence-electron chi connectivity index (χ2n) is 4.71. The van der Waals surface area contributed by atoms with E-state index < -0.39 is 0 Å². The largest absolute Gasteiger partial charge is 0.369 e. The van der Waals surface area contributed by atoms with Gasteiger partial charge in [0.15, 0.2) is 0 Å². The van der Waals surface area contributed by atoms with E-state index in [1.54, 1.807) is 0 Å². The minimum atomic E-state index is 0.560. The summed E-state index contributed by atoms with van der Waals surface area (Å²) in [6.45, 7) is 5.39. The van der Waals surface area contributed by atoms with Crippen molar-refractivity contribution in [1.29, 1.82) is 0 Å². The molecule has 0 saturated carbocycles. The summed E-state index contributed by atoms with van der Waals surface area (Å²) in [7, 11) is 4.21. The number of likely N-dealkylation sites (N-methyl/N-ethyl adjacent to an activating group) is 1. The van der Waals surface area contributed by atoms with Gasteiger partial charge in [-0.15, -0.1) is 11.6 Å². The van der Waals surface area contributed by atoms with Gasteiger partial charge in [0.05, 0.1) is 5.69 Å². The van der Waals surface area contributed by atoms with E-state index in [0.29, 0.717) is 5.88 Å². The molecular weight excluding hydrogens is 312 g/mol. The van der Waals surface area contributed by atoms with Crippen molar-refractivity contribution in [1.82, 2.24) is 4.90 Å². The van der Waals surface area contributed by atoms with E-state index in [1.165, 1.54) is 5.69 Å². The van der Waals surface area contributed by atoms with E-state index in [1.807, 2.05) is 0 Å². The predicted molar refractivity (Wildman–Crippen MR) is 84.8 cm³/mol. The molecule has 0 N–H and O–H groups in total. The number of rotatable bonds is 7. The van der Waals surface area contributed by atoms with E-state index in [2.05, 4.69) is 64.9 Å². The summed E-state index contributed by atoms with van der Waals surface area (Å²) in [6, 6.07) is 6.37. The maximum absolute atomic E-state index is 5.85. The van der Waals surface area contributed by atoms with Gasteiger partial charge in [0.1, 0.15) is 0 Å². The van der Waals surface area contributed by atoms with E-state index in [4.69, 9.17) is 11.6 Å². The van der Waals surface area contributed by atoms with Gasteiger partial charge in [-0.05, 0) is 54.1 Å². The Morgan fingerprint density at radius 3 is 2.39 bits per heavy atom. The lowest BCUT2D eigenvalue weighted by Gasteiger charge is -2.27. The molecule has 0 radical (unpaired) electrons. The minimum Gasteiger partial charge on any atom is -0.369 e. The number of halogens is 2. The second-order valence-corrected chi connectivity index (χ2v) is 5.83. The van der Waals surface area contributed by atoms with Crippen LogP contribution in [0, 0.1) is 0 Å². The molecule has 0 aromatic heterocycles. The predicted octanol–water partition coefficient (Wildman–Crippen LogP) is 3.97. The van der Waals surface area contributed by atoms with Crippen LogP contribution < -0.4 is 4.90 Å². The van der Waals surface area contributed by atoms with Crippen LogP contribution in [0.4, 0.5) is 5.69 Å². The van der Waals surface area contributed by atoms with E-state index in [9.17, 15) is 0 Å². The molecule has 1 rings (SSSR count). The molecule has 0 amide bonds. The molecule has 0 aliphatic heterocycles. The van der Waals surface area contributed by atoms with Gasteiger partial charge in [0, 0.05) is 30.0 Å². The van der Waals surface area contributed by atoms with Gasteiger partial charge < -0.3 is 9.80 Å². The van der Waals surface area contributed by atoms with Crippen molar-refractivity contribution in [2.24, 2.45) is 0 Å². The molecule has 0 fully saturated rings. The van der Waals surface area contributed by atoms with Crippen LogP contribution in [0.5, 0.6) is 0 Å². The summed E-state index contributed by atoms with van der Waals surface area (Å²) >= 11 is 9.51. The van der Waals surface area contributed by atoms with Gasteiger partial charge in [-0.1, -0.05) is 13.0 Å². The summed E-state index contributed by atoms with van der Waals surface area (Å²) in [4.78, 5) is 4.63. The minimum absolute atomic E-state index is 0.560. The summed E-state index contributed by atoms with van der Waals surface area (Å²) in [5, 5.41) is 0. The molecule has 0 spiro atoms. The monoisotopic (exact) mass is 332 g/mol. The lowest BCUT2D eigenvalue weighted by Crippen LogP contribution is -2.32. The van der Waals surface area contributed by atoms with Gasteiger partial charge in [-0.25, -0.2) is 0 Å². The van der Waals surface area contributed by atoms with Gasteiger partial charge >= 0.3 is 0 Å². The fourth-order valence-electron chi connectivity index (χ4n) is 1.83. The Balaban J connectivity index is 2.84. The smallest absolute Gasteiger partial charge is 0.0511 e. The van der Waals surface area contributed by atoms with Gasteiger partial charge in [-0.2, -0.15) is 0 Å². The Morgan fingerprint density at radius 1 is 1.17 bits per heavy atom. The van der Waals surface area contributed by atoms with Crippen LogP contribution >= 0.6 is 27.5 Å². The molecule has 4 heteroatoms. The highest BCUT2D eigenvalue weighted by Gasteiger charge is 2.10. The summed E-state index contributed by atoms with van der Waals surface area (Å²) in [5.74, 6) is 0.560. The maximum Gasteiger partial charge on any atom is 0.0511 e. The quantitative estimate of drug-likeness (QED) is 0.697. The Bertz CT molecular complexity index is 369. The summed E-state index contributed by atoms with van der Waals surface area (Å²) in [5.41, 5.74) is 2.41. The topological polar surface area (TPSA) is 6.48 Å². The Labute approximate surface area is 124 Å². The SMILES string of the molecule is CCCN(CCN(C)C)c1ccc(CCl)cc1Br. The first-order chi connectivity index (χ1) is 8.58. The fourth-order valence-corrected chi connectivity index (χ4v) is 2.68. The van der Waals surface area contributed by atoms with Crippen molar-refractivity contribution < 1.29 is 0 Å². The lowest BCUT2D eigenvalue weighted by molar-refractivity contribution is 0.413. The first-order valence-corrected chi connectivity index (χ1v) is 7.65. The molecule has 0 atom stereocenters. The van der Waals surface area contributed by atoms with Crippen molar-refractivity contribution in [3.05, 3.63) is 28.2 Å². The molecular formula is C14H22BrClN2. The highest BCUT2D eigenvalue weighted by atomic mass is 79.9. The molecule has 2 nitrogen and oxygen atoms in total. The number of hydrogen-bond acceptors (Lipinski definition) is 2. The molecule has 18 heavy (non-hydrogen) atoms.